The summed E-state index contributed by atoms with van der Waals surface area (Å²) in [5.74, 6) is 0.997. The lowest BCUT2D eigenvalue weighted by Crippen LogP contribution is -2.34. The van der Waals surface area contributed by atoms with E-state index in [4.69, 9.17) is 19.3 Å². The Balaban J connectivity index is 1.70. The molecule has 1 amide bonds. The van der Waals surface area contributed by atoms with Gasteiger partial charge in [-0.1, -0.05) is 12.1 Å². The Morgan fingerprint density at radius 3 is 2.69 bits per heavy atom. The normalized spacial score (nSPS) is 22.3. The molecule has 1 aromatic rings. The molecule has 0 saturated heterocycles. The van der Waals surface area contributed by atoms with Gasteiger partial charge >= 0.3 is 0 Å². The summed E-state index contributed by atoms with van der Waals surface area (Å²) in [4.78, 5) is 12.4. The summed E-state index contributed by atoms with van der Waals surface area (Å²) >= 11 is 0. The summed E-state index contributed by atoms with van der Waals surface area (Å²) < 4.78 is 16.8. The Labute approximate surface area is 154 Å². The number of nitrogens with one attached hydrogen (secondary N) is 1. The van der Waals surface area contributed by atoms with Gasteiger partial charge in [0.2, 0.25) is 6.29 Å². The van der Waals surface area contributed by atoms with Crippen LogP contribution in [-0.4, -0.2) is 43.7 Å². The summed E-state index contributed by atoms with van der Waals surface area (Å²) in [6.45, 7) is 0.649. The second-order valence-electron chi connectivity index (χ2n) is 6.74. The number of hydrogen-bond donors (Lipinski definition) is 2. The van der Waals surface area contributed by atoms with Gasteiger partial charge in [-0.3, -0.25) is 4.79 Å². The lowest BCUT2D eigenvalue weighted by molar-refractivity contribution is -0.146. The van der Waals surface area contributed by atoms with Crippen LogP contribution in [0.1, 0.15) is 43.6 Å². The molecule has 1 aliphatic heterocycles. The number of unbranched alkanes of at least 4 members (excludes halogenated alkanes) is 1. The molecule has 6 heteroatoms. The minimum Gasteiger partial charge on any atom is -0.497 e. The molecule has 1 aliphatic carbocycles. The predicted molar refractivity (Wildman–Crippen MR) is 96.7 cm³/mol. The third-order valence-corrected chi connectivity index (χ3v) is 4.59. The zero-order valence-corrected chi connectivity index (χ0v) is 15.1. The van der Waals surface area contributed by atoms with Gasteiger partial charge in [-0.05, 0) is 49.5 Å². The number of benzene rings is 1. The smallest absolute Gasteiger partial charge is 0.286 e. The van der Waals surface area contributed by atoms with E-state index in [1.165, 1.54) is 0 Å². The first-order valence-electron chi connectivity index (χ1n) is 9.25. The summed E-state index contributed by atoms with van der Waals surface area (Å²) in [6.07, 6.45) is 5.57. The first-order valence-corrected chi connectivity index (χ1v) is 9.25. The van der Waals surface area contributed by atoms with Crippen LogP contribution in [0.3, 0.4) is 0 Å². The molecule has 142 valence electrons. The zero-order chi connectivity index (χ0) is 18.4. The maximum absolute atomic E-state index is 12.4. The minimum absolute atomic E-state index is 0.0393. The molecule has 0 unspecified atom stereocenters. The van der Waals surface area contributed by atoms with E-state index >= 15 is 0 Å². The highest BCUT2D eigenvalue weighted by Gasteiger charge is 2.31. The molecule has 0 radical (unpaired) electrons. The lowest BCUT2D eigenvalue weighted by Gasteiger charge is -2.29. The number of hydrogen-bond acceptors (Lipinski definition) is 5. The number of carbonyl (C=O) groups excluding carboxylic acids is 1. The van der Waals surface area contributed by atoms with Crippen molar-refractivity contribution in [1.29, 1.82) is 0 Å². The molecule has 2 N–H and O–H groups in total. The van der Waals surface area contributed by atoms with Crippen molar-refractivity contribution in [1.82, 2.24) is 5.32 Å². The molecule has 3 rings (SSSR count). The van der Waals surface area contributed by atoms with E-state index in [0.29, 0.717) is 25.2 Å². The van der Waals surface area contributed by atoms with Crippen LogP contribution >= 0.6 is 0 Å². The number of rotatable bonds is 9. The molecule has 0 bridgehead atoms. The van der Waals surface area contributed by atoms with E-state index in [1.807, 2.05) is 30.3 Å². The lowest BCUT2D eigenvalue weighted by atomic mass is 9.93. The maximum atomic E-state index is 12.4. The van der Waals surface area contributed by atoms with Crippen LogP contribution in [0.2, 0.25) is 0 Å². The van der Waals surface area contributed by atoms with E-state index in [1.54, 1.807) is 7.11 Å². The second kappa shape index (κ2) is 9.05. The van der Waals surface area contributed by atoms with E-state index in [0.717, 1.165) is 30.6 Å². The summed E-state index contributed by atoms with van der Waals surface area (Å²) in [6, 6.07) is 8.12. The zero-order valence-electron chi connectivity index (χ0n) is 15.1. The molecule has 1 heterocycles. The first kappa shape index (κ1) is 18.7. The van der Waals surface area contributed by atoms with Crippen LogP contribution in [0.25, 0.3) is 0 Å². The molecule has 1 saturated carbocycles. The van der Waals surface area contributed by atoms with Crippen LogP contribution in [0.15, 0.2) is 36.1 Å². The molecule has 1 aromatic carbocycles. The molecule has 6 nitrogen and oxygen atoms in total. The van der Waals surface area contributed by atoms with Crippen LogP contribution in [0.5, 0.6) is 5.75 Å². The third kappa shape index (κ3) is 5.22. The second-order valence-corrected chi connectivity index (χ2v) is 6.74. The molecule has 0 spiro atoms. The van der Waals surface area contributed by atoms with E-state index in [2.05, 4.69) is 5.32 Å². The van der Waals surface area contributed by atoms with Gasteiger partial charge in [0.15, 0.2) is 5.76 Å². The van der Waals surface area contributed by atoms with Gasteiger partial charge < -0.3 is 24.6 Å². The van der Waals surface area contributed by atoms with Crippen molar-refractivity contribution in [2.45, 2.75) is 50.4 Å². The number of amides is 1. The average Bonchev–Trinajstić information content (AvgIpc) is 3.49. The molecule has 2 aliphatic rings. The van der Waals surface area contributed by atoms with Crippen molar-refractivity contribution in [3.05, 3.63) is 41.7 Å². The van der Waals surface area contributed by atoms with Crippen molar-refractivity contribution < 1.29 is 24.1 Å². The minimum atomic E-state index is -0.467. The Morgan fingerprint density at radius 1 is 1.27 bits per heavy atom. The average molecular weight is 361 g/mol. The molecule has 1 fully saturated rings. The van der Waals surface area contributed by atoms with E-state index in [9.17, 15) is 4.79 Å². The highest BCUT2D eigenvalue weighted by Crippen LogP contribution is 2.33. The van der Waals surface area contributed by atoms with Crippen molar-refractivity contribution >= 4 is 5.91 Å². The Morgan fingerprint density at radius 2 is 2.04 bits per heavy atom. The fourth-order valence-corrected chi connectivity index (χ4v) is 2.91. The number of methoxy groups -OCH3 is 1. The largest absolute Gasteiger partial charge is 0.497 e. The molecular weight excluding hydrogens is 334 g/mol. The van der Waals surface area contributed by atoms with Gasteiger partial charge in [0.25, 0.3) is 5.91 Å². The highest BCUT2D eigenvalue weighted by molar-refractivity contribution is 5.92. The molecular formula is C20H27NO5. The number of carbonyl (C=O) groups is 1. The summed E-state index contributed by atoms with van der Waals surface area (Å²) in [7, 11) is 1.64. The van der Waals surface area contributed by atoms with Crippen LogP contribution in [0.4, 0.5) is 0 Å². The third-order valence-electron chi connectivity index (χ3n) is 4.59. The van der Waals surface area contributed by atoms with Crippen molar-refractivity contribution in [2.24, 2.45) is 0 Å². The van der Waals surface area contributed by atoms with E-state index < -0.39 is 6.29 Å². The topological polar surface area (TPSA) is 77.0 Å². The Kier molecular flexibility index (Phi) is 6.52. The molecule has 26 heavy (non-hydrogen) atoms. The standard InChI is InChI=1S/C20H27NO5/c1-24-17-8-4-14(5-9-17)15-12-18(20(23)21-16-6-7-16)26-19(13-15)25-11-3-2-10-22/h4-5,8-9,12,15-16,19,22H,2-3,6-7,10-11,13H2,1H3,(H,21,23)/t15-,19+/m1/s1. The van der Waals surface area contributed by atoms with Gasteiger partial charge in [-0.25, -0.2) is 0 Å². The van der Waals surface area contributed by atoms with Gasteiger partial charge in [0.05, 0.1) is 13.7 Å². The number of allylic oxidation sites excluding steroid dienone is 1. The molecule has 2 atom stereocenters. The van der Waals surface area contributed by atoms with E-state index in [-0.39, 0.29) is 24.5 Å². The van der Waals surface area contributed by atoms with Crippen LogP contribution in [0, 0.1) is 0 Å². The monoisotopic (exact) mass is 361 g/mol. The summed E-state index contributed by atoms with van der Waals surface area (Å²) in [5, 5.41) is 11.9. The predicted octanol–water partition coefficient (Wildman–Crippen LogP) is 2.48. The maximum Gasteiger partial charge on any atom is 0.286 e. The fourth-order valence-electron chi connectivity index (χ4n) is 2.91. The number of aliphatic hydroxyl groups is 1. The van der Waals surface area contributed by atoms with Crippen molar-refractivity contribution in [3.8, 4) is 5.75 Å². The number of aliphatic hydroxyl groups excluding tert-OH is 1. The number of ether oxygens (including phenoxy) is 3. The fraction of sp³-hybridized carbons (Fsp3) is 0.550. The summed E-state index contributed by atoms with van der Waals surface area (Å²) in [5.41, 5.74) is 1.09. The van der Waals surface area contributed by atoms with Crippen molar-refractivity contribution in [3.63, 3.8) is 0 Å². The van der Waals surface area contributed by atoms with Crippen LogP contribution in [-0.2, 0) is 14.3 Å². The SMILES string of the molecule is COc1ccc([C@@H]2C=C(C(=O)NC3CC3)O[C@H](OCCCCO)C2)cc1. The Hall–Kier alpha value is -2.05. The first-order chi connectivity index (χ1) is 12.7. The van der Waals surface area contributed by atoms with Gasteiger partial charge in [-0.2, -0.15) is 0 Å². The quantitative estimate of drug-likeness (QED) is 0.661. The highest BCUT2D eigenvalue weighted by atomic mass is 16.7. The molecule has 0 aromatic heterocycles. The van der Waals surface area contributed by atoms with Crippen molar-refractivity contribution in [2.75, 3.05) is 20.3 Å². The Bertz CT molecular complexity index is 624. The van der Waals surface area contributed by atoms with Gasteiger partial charge in [0.1, 0.15) is 5.75 Å². The van der Waals surface area contributed by atoms with Gasteiger partial charge in [0, 0.05) is 25.0 Å². The van der Waals surface area contributed by atoms with Crippen LogP contribution < -0.4 is 10.1 Å². The van der Waals surface area contributed by atoms with Gasteiger partial charge in [-0.15, -0.1) is 0 Å².